The number of ether oxygens (including phenoxy) is 2. The molecule has 2 aliphatic rings. The van der Waals surface area contributed by atoms with Gasteiger partial charge in [-0.1, -0.05) is 11.6 Å². The second kappa shape index (κ2) is 6.24. The summed E-state index contributed by atoms with van der Waals surface area (Å²) in [6.07, 6.45) is 2.39. The molecule has 1 amide bonds. The van der Waals surface area contributed by atoms with Crippen LogP contribution in [0, 0.1) is 0 Å². The number of carbonyl (C=O) groups excluding carboxylic acids is 1. The fourth-order valence-electron chi connectivity index (χ4n) is 3.01. The van der Waals surface area contributed by atoms with Gasteiger partial charge in [0, 0.05) is 24.3 Å². The van der Waals surface area contributed by atoms with Crippen LogP contribution in [0.1, 0.15) is 23.2 Å². The van der Waals surface area contributed by atoms with Crippen LogP contribution in [0.15, 0.2) is 36.4 Å². The summed E-state index contributed by atoms with van der Waals surface area (Å²) < 4.78 is 10.6. The number of amides is 1. The highest BCUT2D eigenvalue weighted by Gasteiger charge is 2.18. The first-order valence-corrected chi connectivity index (χ1v) is 8.34. The summed E-state index contributed by atoms with van der Waals surface area (Å²) >= 11 is 6.25. The molecule has 124 valence electrons. The molecule has 0 bridgehead atoms. The number of fused-ring (bicyclic) bond motifs is 1. The van der Waals surface area contributed by atoms with E-state index < -0.39 is 0 Å². The van der Waals surface area contributed by atoms with Crippen molar-refractivity contribution in [2.45, 2.75) is 12.8 Å². The SMILES string of the molecule is O=C(Nc1cc(N2CCCC2)ccc1Cl)c1ccc2c(c1)OCO2. The summed E-state index contributed by atoms with van der Waals surface area (Å²) in [5.74, 6) is 1.01. The van der Waals surface area contributed by atoms with Crippen LogP contribution in [0.2, 0.25) is 5.02 Å². The Morgan fingerprint density at radius 3 is 2.67 bits per heavy atom. The molecule has 2 aromatic rings. The molecule has 2 aromatic carbocycles. The summed E-state index contributed by atoms with van der Waals surface area (Å²) in [6.45, 7) is 2.26. The maximum absolute atomic E-state index is 12.5. The number of hydrogen-bond donors (Lipinski definition) is 1. The Hall–Kier alpha value is -2.40. The molecule has 0 spiro atoms. The van der Waals surface area contributed by atoms with Crippen molar-refractivity contribution in [2.75, 3.05) is 30.1 Å². The van der Waals surface area contributed by atoms with E-state index in [0.29, 0.717) is 27.8 Å². The summed E-state index contributed by atoms with van der Waals surface area (Å²) in [5, 5.41) is 3.41. The lowest BCUT2D eigenvalue weighted by Gasteiger charge is -2.19. The Balaban J connectivity index is 1.55. The molecule has 6 heteroatoms. The minimum Gasteiger partial charge on any atom is -0.454 e. The second-order valence-corrected chi connectivity index (χ2v) is 6.29. The molecule has 0 aliphatic carbocycles. The highest BCUT2D eigenvalue weighted by molar-refractivity contribution is 6.34. The molecule has 0 atom stereocenters. The van der Waals surface area contributed by atoms with E-state index in [1.165, 1.54) is 12.8 Å². The van der Waals surface area contributed by atoms with Crippen molar-refractivity contribution >= 4 is 28.9 Å². The van der Waals surface area contributed by atoms with E-state index in [9.17, 15) is 4.79 Å². The third-order valence-corrected chi connectivity index (χ3v) is 4.63. The maximum atomic E-state index is 12.5. The van der Waals surface area contributed by atoms with Crippen molar-refractivity contribution in [3.8, 4) is 11.5 Å². The lowest BCUT2D eigenvalue weighted by Crippen LogP contribution is -2.18. The van der Waals surface area contributed by atoms with E-state index in [4.69, 9.17) is 21.1 Å². The average molecular weight is 345 g/mol. The van der Waals surface area contributed by atoms with Crippen LogP contribution in [0.3, 0.4) is 0 Å². The van der Waals surface area contributed by atoms with Gasteiger partial charge in [-0.15, -0.1) is 0 Å². The molecule has 1 N–H and O–H groups in total. The Labute approximate surface area is 145 Å². The van der Waals surface area contributed by atoms with Crippen LogP contribution in [0.5, 0.6) is 11.5 Å². The molecule has 24 heavy (non-hydrogen) atoms. The van der Waals surface area contributed by atoms with Crippen molar-refractivity contribution < 1.29 is 14.3 Å². The third kappa shape index (κ3) is 2.87. The molecule has 1 saturated heterocycles. The number of nitrogens with zero attached hydrogens (tertiary/aromatic N) is 1. The zero-order valence-corrected chi connectivity index (χ0v) is 13.8. The second-order valence-electron chi connectivity index (χ2n) is 5.88. The van der Waals surface area contributed by atoms with Crippen LogP contribution < -0.4 is 19.7 Å². The number of halogens is 1. The van der Waals surface area contributed by atoms with Crippen molar-refractivity contribution in [1.29, 1.82) is 0 Å². The summed E-state index contributed by atoms with van der Waals surface area (Å²) in [5.41, 5.74) is 2.20. The van der Waals surface area contributed by atoms with Gasteiger partial charge in [-0.3, -0.25) is 4.79 Å². The highest BCUT2D eigenvalue weighted by atomic mass is 35.5. The van der Waals surface area contributed by atoms with Crippen LogP contribution >= 0.6 is 11.6 Å². The number of carbonyl (C=O) groups is 1. The van der Waals surface area contributed by atoms with E-state index in [0.717, 1.165) is 18.8 Å². The number of nitrogens with one attached hydrogen (secondary N) is 1. The molecule has 4 rings (SSSR count). The Kier molecular flexibility index (Phi) is 3.94. The van der Waals surface area contributed by atoms with E-state index in [1.807, 2.05) is 18.2 Å². The minimum atomic E-state index is -0.228. The molecule has 0 radical (unpaired) electrons. The Morgan fingerprint density at radius 2 is 1.83 bits per heavy atom. The molecule has 1 fully saturated rings. The zero-order chi connectivity index (χ0) is 16.5. The first kappa shape index (κ1) is 15.1. The van der Waals surface area contributed by atoms with Gasteiger partial charge >= 0.3 is 0 Å². The van der Waals surface area contributed by atoms with Crippen molar-refractivity contribution in [2.24, 2.45) is 0 Å². The van der Waals surface area contributed by atoms with E-state index in [2.05, 4.69) is 10.2 Å². The van der Waals surface area contributed by atoms with Crippen molar-refractivity contribution in [3.63, 3.8) is 0 Å². The van der Waals surface area contributed by atoms with Crippen LogP contribution in [0.4, 0.5) is 11.4 Å². The number of benzene rings is 2. The summed E-state index contributed by atoms with van der Waals surface area (Å²) in [7, 11) is 0. The Bertz CT molecular complexity index is 788. The molecule has 2 heterocycles. The van der Waals surface area contributed by atoms with Gasteiger partial charge in [0.25, 0.3) is 5.91 Å². The minimum absolute atomic E-state index is 0.185. The predicted molar refractivity (Wildman–Crippen MR) is 93.4 cm³/mol. The fourth-order valence-corrected chi connectivity index (χ4v) is 3.18. The zero-order valence-electron chi connectivity index (χ0n) is 13.0. The van der Waals surface area contributed by atoms with Crippen molar-refractivity contribution in [3.05, 3.63) is 47.0 Å². The van der Waals surface area contributed by atoms with Gasteiger partial charge in [0.05, 0.1) is 10.7 Å². The van der Waals surface area contributed by atoms with Crippen LogP contribution in [0.25, 0.3) is 0 Å². The standard InChI is InChI=1S/C18H17ClN2O3/c19-14-5-4-13(21-7-1-2-8-21)10-15(14)20-18(22)12-3-6-16-17(9-12)24-11-23-16/h3-6,9-10H,1-2,7-8,11H2,(H,20,22). The van der Waals surface area contributed by atoms with Crippen molar-refractivity contribution in [1.82, 2.24) is 0 Å². The molecule has 0 saturated carbocycles. The predicted octanol–water partition coefficient (Wildman–Crippen LogP) is 3.92. The quantitative estimate of drug-likeness (QED) is 0.916. The van der Waals surface area contributed by atoms with Gasteiger partial charge in [-0.25, -0.2) is 0 Å². The molecular formula is C18H17ClN2O3. The summed E-state index contributed by atoms with van der Waals surface area (Å²) in [4.78, 5) is 14.8. The number of anilines is 2. The van der Waals surface area contributed by atoms with Gasteiger partial charge in [-0.05, 0) is 49.2 Å². The highest BCUT2D eigenvalue weighted by Crippen LogP contribution is 2.33. The topological polar surface area (TPSA) is 50.8 Å². The van der Waals surface area contributed by atoms with E-state index >= 15 is 0 Å². The van der Waals surface area contributed by atoms with Gasteiger partial charge in [0.2, 0.25) is 6.79 Å². The smallest absolute Gasteiger partial charge is 0.255 e. The molecule has 0 aromatic heterocycles. The molecular weight excluding hydrogens is 328 g/mol. The van der Waals surface area contributed by atoms with Gasteiger partial charge < -0.3 is 19.7 Å². The molecule has 0 unspecified atom stereocenters. The summed E-state index contributed by atoms with van der Waals surface area (Å²) in [6, 6.07) is 10.9. The first-order chi connectivity index (χ1) is 11.7. The lowest BCUT2D eigenvalue weighted by atomic mass is 10.1. The Morgan fingerprint density at radius 1 is 1.04 bits per heavy atom. The van der Waals surface area contributed by atoms with Crippen LogP contribution in [-0.2, 0) is 0 Å². The number of rotatable bonds is 3. The van der Waals surface area contributed by atoms with Gasteiger partial charge in [0.15, 0.2) is 11.5 Å². The molecule has 5 nitrogen and oxygen atoms in total. The lowest BCUT2D eigenvalue weighted by molar-refractivity contribution is 0.102. The van der Waals surface area contributed by atoms with Gasteiger partial charge in [-0.2, -0.15) is 0 Å². The van der Waals surface area contributed by atoms with E-state index in [1.54, 1.807) is 18.2 Å². The average Bonchev–Trinajstić information content (AvgIpc) is 3.27. The number of hydrogen-bond acceptors (Lipinski definition) is 4. The first-order valence-electron chi connectivity index (χ1n) is 7.96. The van der Waals surface area contributed by atoms with Crippen LogP contribution in [-0.4, -0.2) is 25.8 Å². The third-order valence-electron chi connectivity index (χ3n) is 4.30. The largest absolute Gasteiger partial charge is 0.454 e. The maximum Gasteiger partial charge on any atom is 0.255 e. The van der Waals surface area contributed by atoms with Gasteiger partial charge in [0.1, 0.15) is 0 Å². The van der Waals surface area contributed by atoms with E-state index in [-0.39, 0.29) is 12.7 Å². The monoisotopic (exact) mass is 344 g/mol. The molecule has 2 aliphatic heterocycles. The fraction of sp³-hybridized carbons (Fsp3) is 0.278. The normalized spacial score (nSPS) is 15.6.